The molecule has 11 rings (SSSR count). The monoisotopic (exact) mass is 778 g/mol. The summed E-state index contributed by atoms with van der Waals surface area (Å²) in [5, 5.41) is 1.19. The summed E-state index contributed by atoms with van der Waals surface area (Å²) >= 11 is 0. The maximum absolute atomic E-state index is 15.8. The van der Waals surface area contributed by atoms with E-state index in [0.717, 1.165) is 67.2 Å². The molecule has 0 unspecified atom stereocenters. The van der Waals surface area contributed by atoms with Crippen molar-refractivity contribution >= 4 is 79.0 Å². The first-order valence-corrected chi connectivity index (χ1v) is 19.7. The van der Waals surface area contributed by atoms with E-state index in [1.807, 2.05) is 132 Å². The van der Waals surface area contributed by atoms with Crippen LogP contribution in [0, 0.1) is 13.8 Å². The summed E-state index contributed by atoms with van der Waals surface area (Å²) < 4.78 is 66.7. The molecule has 0 bridgehead atoms. The first-order valence-electron chi connectivity index (χ1n) is 19.7. The van der Waals surface area contributed by atoms with Crippen molar-refractivity contribution in [3.8, 4) is 11.4 Å². The number of nitrogens with zero attached hydrogens (tertiary/aromatic N) is 4. The molecule has 9 heteroatoms. The summed E-state index contributed by atoms with van der Waals surface area (Å²) in [7, 11) is 0. The van der Waals surface area contributed by atoms with E-state index in [1.54, 1.807) is 0 Å². The number of aryl methyl sites for hydroxylation is 1. The lowest BCUT2D eigenvalue weighted by Gasteiger charge is -2.35. The van der Waals surface area contributed by atoms with E-state index in [0.29, 0.717) is 22.4 Å². The third-order valence-electron chi connectivity index (χ3n) is 12.3. The lowest BCUT2D eigenvalue weighted by molar-refractivity contribution is 0.121. The van der Waals surface area contributed by atoms with Crippen LogP contribution in [0.2, 0.25) is 0 Å². The summed E-state index contributed by atoms with van der Waals surface area (Å²) in [6.07, 6.45) is -6.35. The van der Waals surface area contributed by atoms with E-state index in [9.17, 15) is 0 Å². The van der Waals surface area contributed by atoms with Crippen molar-refractivity contribution in [2.24, 2.45) is 0 Å². The van der Waals surface area contributed by atoms with Gasteiger partial charge in [-0.15, -0.1) is 0 Å². The highest BCUT2D eigenvalue weighted by Gasteiger charge is 2.44. The van der Waals surface area contributed by atoms with Crippen molar-refractivity contribution in [1.29, 1.82) is 0 Å². The minimum absolute atomic E-state index is 0.122. The maximum Gasteiger partial charge on any atom is 0.279 e. The van der Waals surface area contributed by atoms with Crippen LogP contribution in [0.4, 0.5) is 51.7 Å². The van der Waals surface area contributed by atoms with E-state index in [-0.39, 0.29) is 5.39 Å². The van der Waals surface area contributed by atoms with Crippen LogP contribution in [0.15, 0.2) is 164 Å². The maximum atomic E-state index is 15.8. The summed E-state index contributed by atoms with van der Waals surface area (Å²) in [6.45, 7) is 3.80. The number of rotatable bonds is 8. The number of aromatic nitrogens is 2. The molecule has 286 valence electrons. The molecule has 0 atom stereocenters. The van der Waals surface area contributed by atoms with Gasteiger partial charge in [-0.2, -0.15) is 0 Å². The Morgan fingerprint density at radius 1 is 0.458 bits per heavy atom. The van der Waals surface area contributed by atoms with Crippen molar-refractivity contribution in [3.63, 3.8) is 0 Å². The van der Waals surface area contributed by atoms with Crippen LogP contribution in [-0.4, -0.2) is 15.8 Å². The largest absolute Gasteiger partial charge is 0.314 e. The fourth-order valence-corrected chi connectivity index (χ4v) is 9.89. The normalized spacial score (nSPS) is 12.5. The van der Waals surface area contributed by atoms with Gasteiger partial charge >= 0.3 is 0 Å². The Labute approximate surface area is 338 Å². The van der Waals surface area contributed by atoms with Crippen molar-refractivity contribution in [1.82, 2.24) is 9.13 Å². The first kappa shape index (κ1) is 35.2. The molecule has 9 aromatic rings. The molecule has 4 heterocycles. The number of anilines is 6. The van der Waals surface area contributed by atoms with Gasteiger partial charge in [-0.1, -0.05) is 91.0 Å². The van der Waals surface area contributed by atoms with Crippen LogP contribution in [0.3, 0.4) is 0 Å². The number of halogens is 4. The van der Waals surface area contributed by atoms with Crippen LogP contribution in [0.5, 0.6) is 0 Å². The van der Waals surface area contributed by atoms with Gasteiger partial charge in [0.2, 0.25) is 0 Å². The van der Waals surface area contributed by atoms with Gasteiger partial charge in [0.25, 0.3) is 19.6 Å². The molecule has 4 nitrogen and oxygen atoms in total. The van der Waals surface area contributed by atoms with Gasteiger partial charge in [-0.05, 0) is 109 Å². The molecule has 59 heavy (non-hydrogen) atoms. The highest BCUT2D eigenvalue weighted by atomic mass is 19.3. The topological polar surface area (TPSA) is 16.3 Å². The Morgan fingerprint density at radius 3 is 1.32 bits per heavy atom. The SMILES string of the molecule is Cc1c(C)n2c3c(ccc(N(c4ccccc4)c4ccccc4)c13)B1c3c-2cccc3-n2c(C(F)F)c(C(F)F)c3c(N(c4ccccc4)c4ccccc4)ccc1c32. The Balaban J connectivity index is 1.25. The van der Waals surface area contributed by atoms with Gasteiger partial charge in [0, 0.05) is 50.6 Å². The highest BCUT2D eigenvalue weighted by Crippen LogP contribution is 2.49. The number of hydrogen-bond donors (Lipinski definition) is 0. The number of hydrogen-bond acceptors (Lipinski definition) is 2. The molecule has 0 saturated heterocycles. The summed E-state index contributed by atoms with van der Waals surface area (Å²) in [4.78, 5) is 4.16. The van der Waals surface area contributed by atoms with Gasteiger partial charge < -0.3 is 18.9 Å². The second-order valence-corrected chi connectivity index (χ2v) is 15.2. The van der Waals surface area contributed by atoms with Gasteiger partial charge in [0.15, 0.2) is 0 Å². The average Bonchev–Trinajstić information content (AvgIpc) is 3.77. The molecule has 2 aliphatic rings. The van der Waals surface area contributed by atoms with E-state index in [1.165, 1.54) is 4.57 Å². The van der Waals surface area contributed by atoms with E-state index >= 15 is 17.6 Å². The quantitative estimate of drug-likeness (QED) is 0.113. The summed E-state index contributed by atoms with van der Waals surface area (Å²) in [6, 6.07) is 53.3. The van der Waals surface area contributed by atoms with Crippen molar-refractivity contribution in [3.05, 3.63) is 186 Å². The van der Waals surface area contributed by atoms with Crippen molar-refractivity contribution in [2.75, 3.05) is 9.80 Å². The molecule has 7 aromatic carbocycles. The Hall–Kier alpha value is -7.00. The number of fused-ring (bicyclic) bond motifs is 4. The minimum Gasteiger partial charge on any atom is -0.314 e. The first-order chi connectivity index (χ1) is 28.8. The highest BCUT2D eigenvalue weighted by molar-refractivity contribution is 7.00. The molecule has 0 saturated carbocycles. The lowest BCUT2D eigenvalue weighted by atomic mass is 9.34. The van der Waals surface area contributed by atoms with Gasteiger partial charge in [-0.25, -0.2) is 17.6 Å². The smallest absolute Gasteiger partial charge is 0.279 e. The van der Waals surface area contributed by atoms with Crippen LogP contribution in [-0.2, 0) is 0 Å². The second-order valence-electron chi connectivity index (χ2n) is 15.2. The lowest BCUT2D eigenvalue weighted by Crippen LogP contribution is -2.59. The molecular weight excluding hydrogens is 743 g/mol. The van der Waals surface area contributed by atoms with Gasteiger partial charge in [-0.3, -0.25) is 0 Å². The van der Waals surface area contributed by atoms with Crippen LogP contribution >= 0.6 is 0 Å². The molecule has 0 N–H and O–H groups in total. The van der Waals surface area contributed by atoms with Crippen LogP contribution in [0.25, 0.3) is 33.2 Å². The molecule has 0 fully saturated rings. The number of para-hydroxylation sites is 4. The number of alkyl halides is 4. The zero-order chi connectivity index (χ0) is 40.1. The fourth-order valence-electron chi connectivity index (χ4n) is 9.89. The molecule has 2 aromatic heterocycles. The molecule has 2 aliphatic heterocycles. The van der Waals surface area contributed by atoms with Crippen LogP contribution in [0.1, 0.15) is 35.4 Å². The Kier molecular flexibility index (Phi) is 7.92. The van der Waals surface area contributed by atoms with Gasteiger partial charge in [0.05, 0.1) is 33.7 Å². The third-order valence-corrected chi connectivity index (χ3v) is 12.3. The molecular formula is C50H35BF4N4. The Morgan fingerprint density at radius 2 is 0.881 bits per heavy atom. The molecule has 0 amide bonds. The standard InChI is InChI=1S/C50H35BF4N4/c1-30-31(2)56-40-24-15-25-41-45(40)51(36-26-28-38(42(30)46(36)56)57(32-16-7-3-8-17-32)33-18-9-4-10-19-33)37-27-29-39(43-44(49(52)53)48(50(54)55)59(41)47(37)43)58(34-20-11-5-12-21-34)35-22-13-6-14-23-35/h3-29,49-50H,1-2H3. The molecule has 0 radical (unpaired) electrons. The average molecular weight is 779 g/mol. The van der Waals surface area contributed by atoms with E-state index in [4.69, 9.17) is 0 Å². The zero-order valence-corrected chi connectivity index (χ0v) is 32.1. The van der Waals surface area contributed by atoms with E-state index in [2.05, 4.69) is 59.7 Å². The summed E-state index contributed by atoms with van der Waals surface area (Å²) in [5.41, 5.74) is 10.9. The summed E-state index contributed by atoms with van der Waals surface area (Å²) in [5.74, 6) is 0. The minimum atomic E-state index is -3.18. The van der Waals surface area contributed by atoms with Crippen molar-refractivity contribution < 1.29 is 17.6 Å². The van der Waals surface area contributed by atoms with E-state index < -0.39 is 30.8 Å². The zero-order valence-electron chi connectivity index (χ0n) is 32.1. The Bertz CT molecular complexity index is 3010. The predicted octanol–water partition coefficient (Wildman–Crippen LogP) is 12.1. The van der Waals surface area contributed by atoms with Gasteiger partial charge in [0.1, 0.15) is 0 Å². The molecule has 0 spiro atoms. The second kappa shape index (κ2) is 13.3. The molecule has 0 aliphatic carbocycles. The van der Waals surface area contributed by atoms with Crippen LogP contribution < -0.4 is 26.2 Å². The predicted molar refractivity (Wildman–Crippen MR) is 234 cm³/mol. The number of benzene rings is 7. The third kappa shape index (κ3) is 4.97. The van der Waals surface area contributed by atoms with Crippen molar-refractivity contribution in [2.45, 2.75) is 26.7 Å². The fraction of sp³-hybridized carbons (Fsp3) is 0.0800.